The zero-order valence-corrected chi connectivity index (χ0v) is 23.2. The number of carbonyl (C=O) groups excluding carboxylic acids is 2. The van der Waals surface area contributed by atoms with Gasteiger partial charge in [0, 0.05) is 48.8 Å². The number of ether oxygens (including phenoxy) is 2. The molecule has 9 heteroatoms. The number of aromatic amines is 1. The molecule has 4 rings (SSSR count). The molecule has 3 aromatic carbocycles. The number of nitrogens with zero attached hydrogens (tertiary/aromatic N) is 2. The number of fused-ring (bicyclic) bond motifs is 1. The highest BCUT2D eigenvalue weighted by molar-refractivity contribution is 6.22. The smallest absolute Gasteiger partial charge is 0.338 e. The molecule has 0 saturated carbocycles. The second-order valence-corrected chi connectivity index (χ2v) is 9.48. The molecule has 0 atom stereocenters. The van der Waals surface area contributed by atoms with Gasteiger partial charge >= 0.3 is 5.97 Å². The highest BCUT2D eigenvalue weighted by atomic mass is 16.5. The third kappa shape index (κ3) is 6.56. The summed E-state index contributed by atoms with van der Waals surface area (Å²) in [7, 11) is 4.98. The van der Waals surface area contributed by atoms with E-state index < -0.39 is 5.97 Å². The summed E-state index contributed by atoms with van der Waals surface area (Å²) in [6, 6.07) is 20.1. The van der Waals surface area contributed by atoms with Gasteiger partial charge in [-0.3, -0.25) is 4.79 Å². The minimum Gasteiger partial charge on any atom is -0.494 e. The van der Waals surface area contributed by atoms with Crippen LogP contribution in [0, 0.1) is 6.92 Å². The minimum atomic E-state index is -0.450. The van der Waals surface area contributed by atoms with Gasteiger partial charge in [0.05, 0.1) is 36.2 Å². The lowest BCUT2D eigenvalue weighted by atomic mass is 9.98. The number of esters is 1. The fourth-order valence-electron chi connectivity index (χ4n) is 4.40. The first-order valence-electron chi connectivity index (χ1n) is 13.0. The Morgan fingerprint density at radius 3 is 2.40 bits per heavy atom. The third-order valence-corrected chi connectivity index (χ3v) is 6.64. The SMILES string of the molecule is COCCN(C)CCNC(=O)c1ccc(N=C(c2ccccc2)c2c(O)[nH]c3cc(C(=O)OC)c(C)cc23)cc1. The largest absolute Gasteiger partial charge is 0.494 e. The molecule has 40 heavy (non-hydrogen) atoms. The van der Waals surface area contributed by atoms with Crippen LogP contribution in [-0.4, -0.2) is 80.1 Å². The number of aromatic hydroxyl groups is 1. The Labute approximate surface area is 233 Å². The first kappa shape index (κ1) is 28.5. The first-order chi connectivity index (χ1) is 19.3. The molecule has 0 unspecified atom stereocenters. The van der Waals surface area contributed by atoms with Crippen molar-refractivity contribution < 1.29 is 24.2 Å². The number of aromatic nitrogens is 1. The second kappa shape index (κ2) is 13.1. The van der Waals surface area contributed by atoms with Crippen molar-refractivity contribution in [1.82, 2.24) is 15.2 Å². The number of aryl methyl sites for hydroxylation is 1. The Hall–Kier alpha value is -4.47. The molecule has 208 valence electrons. The van der Waals surface area contributed by atoms with E-state index in [1.165, 1.54) is 7.11 Å². The maximum Gasteiger partial charge on any atom is 0.338 e. The van der Waals surface area contributed by atoms with E-state index in [0.29, 0.717) is 58.9 Å². The Bertz CT molecular complexity index is 1510. The molecule has 1 aromatic heterocycles. The Morgan fingerprint density at radius 2 is 1.73 bits per heavy atom. The average Bonchev–Trinajstić information content (AvgIpc) is 3.28. The maximum absolute atomic E-state index is 12.6. The van der Waals surface area contributed by atoms with E-state index in [9.17, 15) is 14.7 Å². The number of aliphatic imine (C=N–C) groups is 1. The molecule has 1 amide bonds. The first-order valence-corrected chi connectivity index (χ1v) is 13.0. The zero-order valence-electron chi connectivity index (χ0n) is 23.2. The number of hydrogen-bond acceptors (Lipinski definition) is 7. The summed E-state index contributed by atoms with van der Waals surface area (Å²) in [6.07, 6.45) is 0. The van der Waals surface area contributed by atoms with E-state index >= 15 is 0 Å². The highest BCUT2D eigenvalue weighted by Gasteiger charge is 2.21. The van der Waals surface area contributed by atoms with Gasteiger partial charge in [0.25, 0.3) is 5.91 Å². The summed E-state index contributed by atoms with van der Waals surface area (Å²) in [4.78, 5) is 34.8. The van der Waals surface area contributed by atoms with Crippen LogP contribution in [0.4, 0.5) is 5.69 Å². The van der Waals surface area contributed by atoms with Gasteiger partial charge in [-0.15, -0.1) is 0 Å². The van der Waals surface area contributed by atoms with Crippen LogP contribution in [0.3, 0.4) is 0 Å². The standard InChI is InChI=1S/C31H34N4O5/c1-20-18-25-26(19-24(20)31(38)40-4)34-30(37)27(25)28(21-8-6-5-7-9-21)33-23-12-10-22(11-13-23)29(36)32-14-15-35(2)16-17-39-3/h5-13,18-19,34,37H,14-17H2,1-4H3,(H,32,36). The van der Waals surface area contributed by atoms with Crippen LogP contribution in [0.2, 0.25) is 0 Å². The van der Waals surface area contributed by atoms with E-state index in [-0.39, 0.29) is 11.8 Å². The molecular formula is C31H34N4O5. The monoisotopic (exact) mass is 542 g/mol. The van der Waals surface area contributed by atoms with Crippen molar-refractivity contribution in [2.45, 2.75) is 6.92 Å². The number of H-pyrrole nitrogens is 1. The van der Waals surface area contributed by atoms with Crippen molar-refractivity contribution >= 4 is 34.2 Å². The lowest BCUT2D eigenvalue weighted by Crippen LogP contribution is -2.34. The van der Waals surface area contributed by atoms with Crippen molar-refractivity contribution in [3.63, 3.8) is 0 Å². The molecular weight excluding hydrogens is 508 g/mol. The number of benzene rings is 3. The van der Waals surface area contributed by atoms with Crippen molar-refractivity contribution in [2.24, 2.45) is 4.99 Å². The predicted molar refractivity (Wildman–Crippen MR) is 156 cm³/mol. The van der Waals surface area contributed by atoms with Crippen LogP contribution in [0.1, 0.15) is 37.4 Å². The Balaban J connectivity index is 1.64. The van der Waals surface area contributed by atoms with Gasteiger partial charge in [0.2, 0.25) is 0 Å². The van der Waals surface area contributed by atoms with Gasteiger partial charge in [0.15, 0.2) is 5.88 Å². The van der Waals surface area contributed by atoms with E-state index in [1.54, 1.807) is 37.4 Å². The lowest BCUT2D eigenvalue weighted by Gasteiger charge is -2.16. The molecule has 0 bridgehead atoms. The van der Waals surface area contributed by atoms with Crippen molar-refractivity contribution in [3.8, 4) is 5.88 Å². The number of rotatable bonds is 11. The topological polar surface area (TPSA) is 116 Å². The van der Waals surface area contributed by atoms with Crippen LogP contribution in [0.15, 0.2) is 71.7 Å². The van der Waals surface area contributed by atoms with Crippen LogP contribution in [-0.2, 0) is 9.47 Å². The zero-order chi connectivity index (χ0) is 28.6. The number of hydrogen-bond donors (Lipinski definition) is 3. The molecule has 1 heterocycles. The second-order valence-electron chi connectivity index (χ2n) is 9.48. The average molecular weight is 543 g/mol. The number of methoxy groups -OCH3 is 2. The molecule has 0 radical (unpaired) electrons. The van der Waals surface area contributed by atoms with Gasteiger partial charge in [-0.05, 0) is 55.9 Å². The summed E-state index contributed by atoms with van der Waals surface area (Å²) in [5.41, 5.74) is 4.72. The Kier molecular flexibility index (Phi) is 9.31. The lowest BCUT2D eigenvalue weighted by molar-refractivity contribution is 0.0600. The van der Waals surface area contributed by atoms with Crippen LogP contribution in [0.5, 0.6) is 5.88 Å². The molecule has 4 aromatic rings. The molecule has 0 aliphatic carbocycles. The Morgan fingerprint density at radius 1 is 1.00 bits per heavy atom. The quantitative estimate of drug-likeness (QED) is 0.191. The maximum atomic E-state index is 12.6. The summed E-state index contributed by atoms with van der Waals surface area (Å²) in [6.45, 7) is 4.49. The molecule has 0 spiro atoms. The normalized spacial score (nSPS) is 11.7. The van der Waals surface area contributed by atoms with Gasteiger partial charge in [-0.25, -0.2) is 9.79 Å². The van der Waals surface area contributed by atoms with E-state index in [4.69, 9.17) is 14.5 Å². The van der Waals surface area contributed by atoms with Crippen LogP contribution >= 0.6 is 0 Å². The van der Waals surface area contributed by atoms with Crippen LogP contribution in [0.25, 0.3) is 10.9 Å². The van der Waals surface area contributed by atoms with E-state index in [2.05, 4.69) is 15.2 Å². The summed E-state index contributed by atoms with van der Waals surface area (Å²) < 4.78 is 9.97. The molecule has 9 nitrogen and oxygen atoms in total. The van der Waals surface area contributed by atoms with Crippen molar-refractivity contribution in [2.75, 3.05) is 47.5 Å². The van der Waals surface area contributed by atoms with E-state index in [0.717, 1.165) is 17.5 Å². The summed E-state index contributed by atoms with van der Waals surface area (Å²) >= 11 is 0. The van der Waals surface area contributed by atoms with Gasteiger partial charge in [-0.2, -0.15) is 0 Å². The van der Waals surface area contributed by atoms with E-state index in [1.807, 2.05) is 50.4 Å². The van der Waals surface area contributed by atoms with Crippen molar-refractivity contribution in [3.05, 3.63) is 94.5 Å². The molecule has 3 N–H and O–H groups in total. The van der Waals surface area contributed by atoms with Gasteiger partial charge in [0.1, 0.15) is 0 Å². The minimum absolute atomic E-state index is 0.0644. The number of amides is 1. The molecule has 0 aliphatic heterocycles. The number of likely N-dealkylation sites (N-methyl/N-ethyl adjacent to an activating group) is 1. The van der Waals surface area contributed by atoms with Gasteiger partial charge < -0.3 is 29.8 Å². The molecule has 0 aliphatic rings. The summed E-state index contributed by atoms with van der Waals surface area (Å²) in [5, 5.41) is 14.6. The fraction of sp³-hybridized carbons (Fsp3) is 0.258. The predicted octanol–water partition coefficient (Wildman–Crippen LogP) is 4.45. The third-order valence-electron chi connectivity index (χ3n) is 6.64. The number of nitrogens with one attached hydrogen (secondary N) is 2. The fourth-order valence-corrected chi connectivity index (χ4v) is 4.40. The summed E-state index contributed by atoms with van der Waals surface area (Å²) in [5.74, 6) is -0.676. The molecule has 0 saturated heterocycles. The van der Waals surface area contributed by atoms with Crippen molar-refractivity contribution in [1.29, 1.82) is 0 Å². The number of carbonyl (C=O) groups is 2. The van der Waals surface area contributed by atoms with Crippen LogP contribution < -0.4 is 5.32 Å². The van der Waals surface area contributed by atoms with Gasteiger partial charge in [-0.1, -0.05) is 30.3 Å². The highest BCUT2D eigenvalue weighted by Crippen LogP contribution is 2.33. The molecule has 0 fully saturated rings.